The molecule has 3 rings (SSSR count). The van der Waals surface area contributed by atoms with Crippen molar-refractivity contribution in [2.75, 3.05) is 7.11 Å². The molecule has 0 radical (unpaired) electrons. The van der Waals surface area contributed by atoms with Gasteiger partial charge in [-0.15, -0.1) is 0 Å². The Kier molecular flexibility index (Phi) is 5.78. The second-order valence-corrected chi connectivity index (χ2v) is 8.02. The van der Waals surface area contributed by atoms with Crippen LogP contribution in [0.3, 0.4) is 0 Å². The summed E-state index contributed by atoms with van der Waals surface area (Å²) in [5.74, 6) is -1.22. The SMILES string of the molecule is COC(=O)C(C)CC(=O)c1cc(-c2cn(C(=O)OC(C)(C)C)c3ncccc23)co1. The molecule has 3 heterocycles. The first-order valence-electron chi connectivity index (χ1n) is 9.50. The Hall–Kier alpha value is -3.42. The molecule has 0 spiro atoms. The second-order valence-electron chi connectivity index (χ2n) is 8.02. The van der Waals surface area contributed by atoms with Gasteiger partial charge in [0.15, 0.2) is 11.5 Å². The van der Waals surface area contributed by atoms with Crippen LogP contribution in [0.1, 0.15) is 44.7 Å². The maximum absolute atomic E-state index is 12.6. The highest BCUT2D eigenvalue weighted by atomic mass is 16.6. The number of carbonyl (C=O) groups excluding carboxylic acids is 3. The molecule has 0 aromatic carbocycles. The molecule has 3 aromatic rings. The Balaban J connectivity index is 1.94. The topological polar surface area (TPSA) is 101 Å². The number of carbonyl (C=O) groups is 3. The summed E-state index contributed by atoms with van der Waals surface area (Å²) in [6.45, 7) is 6.98. The zero-order valence-corrected chi connectivity index (χ0v) is 17.6. The average molecular weight is 412 g/mol. The van der Waals surface area contributed by atoms with E-state index in [2.05, 4.69) is 9.72 Å². The first-order valence-corrected chi connectivity index (χ1v) is 9.50. The zero-order chi connectivity index (χ0) is 22.1. The maximum Gasteiger partial charge on any atom is 0.420 e. The summed E-state index contributed by atoms with van der Waals surface area (Å²) >= 11 is 0. The fraction of sp³-hybridized carbons (Fsp3) is 0.364. The first-order chi connectivity index (χ1) is 14.1. The number of aromatic nitrogens is 2. The second kappa shape index (κ2) is 8.14. The minimum Gasteiger partial charge on any atom is -0.469 e. The molecule has 0 amide bonds. The Morgan fingerprint density at radius 1 is 1.27 bits per heavy atom. The van der Waals surface area contributed by atoms with Crippen LogP contribution < -0.4 is 0 Å². The third-order valence-electron chi connectivity index (χ3n) is 4.43. The van der Waals surface area contributed by atoms with Crippen LogP contribution in [0.4, 0.5) is 4.79 Å². The van der Waals surface area contributed by atoms with Crippen LogP contribution in [-0.2, 0) is 14.3 Å². The summed E-state index contributed by atoms with van der Waals surface area (Å²) in [7, 11) is 1.28. The van der Waals surface area contributed by atoms with E-state index in [0.29, 0.717) is 22.2 Å². The molecule has 1 unspecified atom stereocenters. The van der Waals surface area contributed by atoms with Crippen LogP contribution in [0.15, 0.2) is 41.3 Å². The van der Waals surface area contributed by atoms with Crippen molar-refractivity contribution in [3.63, 3.8) is 0 Å². The van der Waals surface area contributed by atoms with Gasteiger partial charge in [-0.3, -0.25) is 9.59 Å². The van der Waals surface area contributed by atoms with E-state index in [4.69, 9.17) is 9.15 Å². The Morgan fingerprint density at radius 2 is 2.00 bits per heavy atom. The molecule has 8 nitrogen and oxygen atoms in total. The van der Waals surface area contributed by atoms with Crippen molar-refractivity contribution < 1.29 is 28.3 Å². The van der Waals surface area contributed by atoms with E-state index in [-0.39, 0.29) is 18.0 Å². The number of ketones is 1. The third kappa shape index (κ3) is 4.42. The smallest absolute Gasteiger partial charge is 0.420 e. The predicted molar refractivity (Wildman–Crippen MR) is 109 cm³/mol. The Morgan fingerprint density at radius 3 is 2.67 bits per heavy atom. The Labute approximate surface area is 173 Å². The molecule has 3 aromatic heterocycles. The van der Waals surface area contributed by atoms with E-state index in [1.165, 1.54) is 17.9 Å². The van der Waals surface area contributed by atoms with Crippen LogP contribution >= 0.6 is 0 Å². The van der Waals surface area contributed by atoms with Gasteiger partial charge in [0.1, 0.15) is 11.2 Å². The molecule has 0 N–H and O–H groups in total. The van der Waals surface area contributed by atoms with Crippen molar-refractivity contribution in [1.82, 2.24) is 9.55 Å². The maximum atomic E-state index is 12.6. The lowest BCUT2D eigenvalue weighted by atomic mass is 10.0. The molecule has 158 valence electrons. The fourth-order valence-corrected chi connectivity index (χ4v) is 3.03. The summed E-state index contributed by atoms with van der Waals surface area (Å²) in [5.41, 5.74) is 1.07. The monoisotopic (exact) mass is 412 g/mol. The number of furan rings is 1. The first kappa shape index (κ1) is 21.3. The normalized spacial score (nSPS) is 12.6. The van der Waals surface area contributed by atoms with Gasteiger partial charge >= 0.3 is 12.1 Å². The van der Waals surface area contributed by atoms with E-state index in [1.807, 2.05) is 6.07 Å². The zero-order valence-electron chi connectivity index (χ0n) is 17.6. The molecule has 0 aliphatic carbocycles. The lowest BCUT2D eigenvalue weighted by molar-refractivity contribution is -0.144. The van der Waals surface area contributed by atoms with Gasteiger partial charge in [-0.2, -0.15) is 0 Å². The van der Waals surface area contributed by atoms with Gasteiger partial charge in [0.2, 0.25) is 0 Å². The number of nitrogens with zero attached hydrogens (tertiary/aromatic N) is 2. The highest BCUT2D eigenvalue weighted by Crippen LogP contribution is 2.32. The van der Waals surface area contributed by atoms with Gasteiger partial charge in [0, 0.05) is 35.3 Å². The van der Waals surface area contributed by atoms with Crippen molar-refractivity contribution in [3.05, 3.63) is 42.6 Å². The highest BCUT2D eigenvalue weighted by Gasteiger charge is 2.24. The van der Waals surface area contributed by atoms with Crippen LogP contribution in [0.25, 0.3) is 22.2 Å². The summed E-state index contributed by atoms with van der Waals surface area (Å²) < 4.78 is 16.9. The summed E-state index contributed by atoms with van der Waals surface area (Å²) in [6.07, 6.45) is 4.06. The van der Waals surface area contributed by atoms with E-state index in [0.717, 1.165) is 0 Å². The van der Waals surface area contributed by atoms with Crippen molar-refractivity contribution in [2.24, 2.45) is 5.92 Å². The van der Waals surface area contributed by atoms with E-state index in [1.54, 1.807) is 52.2 Å². The summed E-state index contributed by atoms with van der Waals surface area (Å²) in [6, 6.07) is 5.18. The van der Waals surface area contributed by atoms with Crippen LogP contribution in [-0.4, -0.2) is 40.1 Å². The molecular formula is C22H24N2O6. The van der Waals surface area contributed by atoms with Gasteiger partial charge in [0.05, 0.1) is 19.3 Å². The van der Waals surface area contributed by atoms with Crippen LogP contribution in [0.5, 0.6) is 0 Å². The van der Waals surface area contributed by atoms with Crippen molar-refractivity contribution >= 4 is 28.9 Å². The molecule has 8 heteroatoms. The lowest BCUT2D eigenvalue weighted by Crippen LogP contribution is -2.26. The number of Topliss-reactive ketones (excluding diaryl/α,β-unsaturated/α-hetero) is 1. The van der Waals surface area contributed by atoms with Crippen molar-refractivity contribution in [3.8, 4) is 11.1 Å². The molecule has 30 heavy (non-hydrogen) atoms. The molecule has 1 atom stereocenters. The molecule has 0 saturated carbocycles. The quantitative estimate of drug-likeness (QED) is 0.450. The largest absolute Gasteiger partial charge is 0.469 e. The average Bonchev–Trinajstić information content (AvgIpc) is 3.30. The molecule has 0 aliphatic heterocycles. The van der Waals surface area contributed by atoms with Gasteiger partial charge in [0.25, 0.3) is 0 Å². The van der Waals surface area contributed by atoms with E-state index in [9.17, 15) is 14.4 Å². The van der Waals surface area contributed by atoms with Gasteiger partial charge in [-0.05, 0) is 39.0 Å². The number of hydrogen-bond donors (Lipinski definition) is 0. The standard InChI is InChI=1S/C22H24N2O6/c1-13(20(26)28-5)9-17(25)18-10-14(12-29-18)16-11-24(21(27)30-22(2,3)4)19-15(16)7-6-8-23-19/h6-8,10-13H,9H2,1-5H3. The minimum absolute atomic E-state index is 0.0269. The number of esters is 1. The van der Waals surface area contributed by atoms with Gasteiger partial charge in [-0.25, -0.2) is 14.3 Å². The number of hydrogen-bond acceptors (Lipinski definition) is 7. The predicted octanol–water partition coefficient (Wildman–Crippen LogP) is 4.46. The molecule has 0 fully saturated rings. The summed E-state index contributed by atoms with van der Waals surface area (Å²) in [4.78, 5) is 40.9. The van der Waals surface area contributed by atoms with Crippen molar-refractivity contribution in [2.45, 2.75) is 39.7 Å². The molecule has 0 bridgehead atoms. The number of methoxy groups -OCH3 is 1. The fourth-order valence-electron chi connectivity index (χ4n) is 3.03. The minimum atomic E-state index is -0.659. The number of ether oxygens (including phenoxy) is 2. The number of fused-ring (bicyclic) bond motifs is 1. The molecule has 0 aliphatic rings. The van der Waals surface area contributed by atoms with Crippen molar-refractivity contribution in [1.29, 1.82) is 0 Å². The Bertz CT molecular complexity index is 1100. The van der Waals surface area contributed by atoms with E-state index < -0.39 is 23.6 Å². The molecule has 0 saturated heterocycles. The number of rotatable bonds is 5. The molecular weight excluding hydrogens is 388 g/mol. The van der Waals surface area contributed by atoms with Gasteiger partial charge < -0.3 is 13.9 Å². The van der Waals surface area contributed by atoms with E-state index >= 15 is 0 Å². The highest BCUT2D eigenvalue weighted by molar-refractivity contribution is 6.01. The third-order valence-corrected chi connectivity index (χ3v) is 4.43. The van der Waals surface area contributed by atoms with Crippen LogP contribution in [0, 0.1) is 5.92 Å². The number of pyridine rings is 1. The van der Waals surface area contributed by atoms with Gasteiger partial charge in [-0.1, -0.05) is 6.92 Å². The summed E-state index contributed by atoms with van der Waals surface area (Å²) in [5, 5.41) is 0.714. The van der Waals surface area contributed by atoms with Crippen LogP contribution in [0.2, 0.25) is 0 Å². The lowest BCUT2D eigenvalue weighted by Gasteiger charge is -2.19.